The average Bonchev–Trinajstić information content (AvgIpc) is 2.38. The molecule has 0 aliphatic carbocycles. The highest BCUT2D eigenvalue weighted by atomic mass is 127. The summed E-state index contributed by atoms with van der Waals surface area (Å²) in [5.41, 5.74) is 0.582. The van der Waals surface area contributed by atoms with Gasteiger partial charge in [0.1, 0.15) is 17.9 Å². The molecule has 1 fully saturated rings. The SMILES string of the molecule is CC(C)CC1NC(=O)C(C)N(c2ccc(F)cc2I)C1=O. The van der Waals surface area contributed by atoms with Crippen molar-refractivity contribution in [2.24, 2.45) is 5.92 Å². The lowest BCUT2D eigenvalue weighted by Gasteiger charge is -2.38. The molecule has 6 heteroatoms. The molecule has 1 aromatic rings. The van der Waals surface area contributed by atoms with Crippen LogP contribution in [0.15, 0.2) is 18.2 Å². The first-order valence-corrected chi connectivity index (χ1v) is 7.97. The molecule has 114 valence electrons. The van der Waals surface area contributed by atoms with E-state index in [2.05, 4.69) is 5.32 Å². The van der Waals surface area contributed by atoms with Gasteiger partial charge in [0.25, 0.3) is 0 Å². The lowest BCUT2D eigenvalue weighted by molar-refractivity contribution is -0.133. The number of benzene rings is 1. The molecule has 1 heterocycles. The number of carbonyl (C=O) groups is 2. The maximum Gasteiger partial charge on any atom is 0.250 e. The van der Waals surface area contributed by atoms with Gasteiger partial charge in [0.15, 0.2) is 0 Å². The Labute approximate surface area is 137 Å². The monoisotopic (exact) mass is 404 g/mol. The number of hydrogen-bond donors (Lipinski definition) is 1. The van der Waals surface area contributed by atoms with E-state index in [-0.39, 0.29) is 17.6 Å². The molecule has 1 aliphatic rings. The molecule has 21 heavy (non-hydrogen) atoms. The van der Waals surface area contributed by atoms with E-state index >= 15 is 0 Å². The van der Waals surface area contributed by atoms with E-state index in [4.69, 9.17) is 0 Å². The van der Waals surface area contributed by atoms with Gasteiger partial charge in [-0.1, -0.05) is 13.8 Å². The number of nitrogens with zero attached hydrogens (tertiary/aromatic N) is 1. The van der Waals surface area contributed by atoms with Crippen molar-refractivity contribution in [3.63, 3.8) is 0 Å². The molecular weight excluding hydrogens is 386 g/mol. The first-order valence-electron chi connectivity index (χ1n) is 6.89. The zero-order valence-electron chi connectivity index (χ0n) is 12.2. The van der Waals surface area contributed by atoms with Gasteiger partial charge in [-0.2, -0.15) is 0 Å². The Hall–Kier alpha value is -1.18. The number of piperazine rings is 1. The van der Waals surface area contributed by atoms with E-state index in [1.165, 1.54) is 17.0 Å². The fourth-order valence-corrected chi connectivity index (χ4v) is 3.20. The molecule has 1 aliphatic heterocycles. The zero-order chi connectivity index (χ0) is 15.7. The summed E-state index contributed by atoms with van der Waals surface area (Å²) in [5, 5.41) is 2.77. The predicted molar refractivity (Wildman–Crippen MR) is 87.5 cm³/mol. The smallest absolute Gasteiger partial charge is 0.250 e. The molecule has 2 amide bonds. The van der Waals surface area contributed by atoms with Crippen molar-refractivity contribution < 1.29 is 14.0 Å². The van der Waals surface area contributed by atoms with Crippen LogP contribution in [0.25, 0.3) is 0 Å². The van der Waals surface area contributed by atoms with Crippen molar-refractivity contribution in [3.05, 3.63) is 27.6 Å². The summed E-state index contributed by atoms with van der Waals surface area (Å²) in [6.45, 7) is 5.69. The predicted octanol–water partition coefficient (Wildman–Crippen LogP) is 2.70. The fourth-order valence-electron chi connectivity index (χ4n) is 2.47. The molecule has 0 aromatic heterocycles. The number of amides is 2. The summed E-state index contributed by atoms with van der Waals surface area (Å²) < 4.78 is 13.9. The number of hydrogen-bond acceptors (Lipinski definition) is 2. The molecule has 0 spiro atoms. The Kier molecular flexibility index (Phi) is 4.85. The van der Waals surface area contributed by atoms with Gasteiger partial charge in [-0.25, -0.2) is 4.39 Å². The van der Waals surface area contributed by atoms with Crippen LogP contribution in [0.5, 0.6) is 0 Å². The van der Waals surface area contributed by atoms with Crippen LogP contribution < -0.4 is 10.2 Å². The summed E-state index contributed by atoms with van der Waals surface area (Å²) in [5.74, 6) is -0.383. The lowest BCUT2D eigenvalue weighted by Crippen LogP contribution is -2.63. The van der Waals surface area contributed by atoms with Crippen LogP contribution in [0.3, 0.4) is 0 Å². The van der Waals surface area contributed by atoms with Crippen molar-refractivity contribution in [1.82, 2.24) is 5.32 Å². The summed E-state index contributed by atoms with van der Waals surface area (Å²) >= 11 is 1.98. The van der Waals surface area contributed by atoms with E-state index in [9.17, 15) is 14.0 Å². The molecule has 0 saturated carbocycles. The van der Waals surface area contributed by atoms with Gasteiger partial charge in [-0.15, -0.1) is 0 Å². The standard InChI is InChI=1S/C15H18FIN2O2/c1-8(2)6-12-15(21)19(9(3)14(20)18-12)13-5-4-10(16)7-11(13)17/h4-5,7-9,12H,6H2,1-3H3,(H,18,20). The third kappa shape index (κ3) is 3.36. The van der Waals surface area contributed by atoms with Gasteiger partial charge in [0.05, 0.1) is 5.69 Å². The molecule has 2 rings (SSSR count). The molecule has 4 nitrogen and oxygen atoms in total. The molecular formula is C15H18FIN2O2. The van der Waals surface area contributed by atoms with E-state index in [1.807, 2.05) is 36.4 Å². The average molecular weight is 404 g/mol. The van der Waals surface area contributed by atoms with Crippen LogP contribution in [0.4, 0.5) is 10.1 Å². The molecule has 0 bridgehead atoms. The van der Waals surface area contributed by atoms with Crippen LogP contribution >= 0.6 is 22.6 Å². The Balaban J connectivity index is 2.38. The minimum Gasteiger partial charge on any atom is -0.342 e. The quantitative estimate of drug-likeness (QED) is 0.788. The number of anilines is 1. The highest BCUT2D eigenvalue weighted by Gasteiger charge is 2.39. The van der Waals surface area contributed by atoms with Gasteiger partial charge in [-0.05, 0) is 60.1 Å². The van der Waals surface area contributed by atoms with Crippen molar-refractivity contribution >= 4 is 40.1 Å². The van der Waals surface area contributed by atoms with Gasteiger partial charge in [0, 0.05) is 3.57 Å². The van der Waals surface area contributed by atoms with Crippen molar-refractivity contribution in [3.8, 4) is 0 Å². The highest BCUT2D eigenvalue weighted by Crippen LogP contribution is 2.28. The maximum absolute atomic E-state index is 13.2. The van der Waals surface area contributed by atoms with Crippen molar-refractivity contribution in [2.75, 3.05) is 4.90 Å². The molecule has 1 aromatic carbocycles. The zero-order valence-corrected chi connectivity index (χ0v) is 14.3. The van der Waals surface area contributed by atoms with E-state index < -0.39 is 12.1 Å². The number of carbonyl (C=O) groups excluding carboxylic acids is 2. The molecule has 1 N–H and O–H groups in total. The summed E-state index contributed by atoms with van der Waals surface area (Å²) in [7, 11) is 0. The van der Waals surface area contributed by atoms with E-state index in [0.717, 1.165) is 0 Å². The Morgan fingerprint density at radius 1 is 1.38 bits per heavy atom. The topological polar surface area (TPSA) is 49.4 Å². The third-order valence-corrected chi connectivity index (χ3v) is 4.36. The van der Waals surface area contributed by atoms with Gasteiger partial charge < -0.3 is 5.32 Å². The van der Waals surface area contributed by atoms with Gasteiger partial charge in [-0.3, -0.25) is 14.5 Å². The summed E-state index contributed by atoms with van der Waals surface area (Å²) in [4.78, 5) is 26.3. The fraction of sp³-hybridized carbons (Fsp3) is 0.467. The van der Waals surface area contributed by atoms with Gasteiger partial charge in [0.2, 0.25) is 11.8 Å². The van der Waals surface area contributed by atoms with Crippen molar-refractivity contribution in [1.29, 1.82) is 0 Å². The summed E-state index contributed by atoms with van der Waals surface area (Å²) in [6, 6.07) is 3.10. The lowest BCUT2D eigenvalue weighted by atomic mass is 9.98. The Bertz CT molecular complexity index is 577. The summed E-state index contributed by atoms with van der Waals surface area (Å²) in [6.07, 6.45) is 0.589. The van der Waals surface area contributed by atoms with Crippen LogP contribution in [-0.4, -0.2) is 23.9 Å². The second kappa shape index (κ2) is 6.29. The second-order valence-corrected chi connectivity index (χ2v) is 6.83. The number of halogens is 2. The van der Waals surface area contributed by atoms with Crippen LogP contribution in [0.2, 0.25) is 0 Å². The van der Waals surface area contributed by atoms with E-state index in [0.29, 0.717) is 21.6 Å². The maximum atomic E-state index is 13.2. The Morgan fingerprint density at radius 2 is 2.05 bits per heavy atom. The molecule has 2 unspecified atom stereocenters. The third-order valence-electron chi connectivity index (χ3n) is 3.50. The van der Waals surface area contributed by atoms with Crippen LogP contribution in [-0.2, 0) is 9.59 Å². The highest BCUT2D eigenvalue weighted by molar-refractivity contribution is 14.1. The van der Waals surface area contributed by atoms with Crippen molar-refractivity contribution in [2.45, 2.75) is 39.3 Å². The largest absolute Gasteiger partial charge is 0.342 e. The van der Waals surface area contributed by atoms with Gasteiger partial charge >= 0.3 is 0 Å². The normalized spacial score (nSPS) is 22.7. The number of rotatable bonds is 3. The second-order valence-electron chi connectivity index (χ2n) is 5.67. The molecule has 0 radical (unpaired) electrons. The van der Waals surface area contributed by atoms with Crippen LogP contribution in [0.1, 0.15) is 27.2 Å². The van der Waals surface area contributed by atoms with Crippen LogP contribution in [0, 0.1) is 15.3 Å². The van der Waals surface area contributed by atoms with E-state index in [1.54, 1.807) is 13.0 Å². The minimum absolute atomic E-state index is 0.139. The molecule has 2 atom stereocenters. The first kappa shape index (κ1) is 16.2. The number of nitrogens with one attached hydrogen (secondary N) is 1. The Morgan fingerprint density at radius 3 is 2.62 bits per heavy atom. The minimum atomic E-state index is -0.597. The molecule has 1 saturated heterocycles. The first-order chi connectivity index (χ1) is 9.81.